The number of nitrogens with zero attached hydrogens (tertiary/aromatic N) is 4. The van der Waals surface area contributed by atoms with Gasteiger partial charge >= 0.3 is 0 Å². The molecule has 0 aromatic carbocycles. The number of pyridine rings is 1. The van der Waals surface area contributed by atoms with Gasteiger partial charge in [0, 0.05) is 39.5 Å². The van der Waals surface area contributed by atoms with E-state index in [9.17, 15) is 4.79 Å². The van der Waals surface area contributed by atoms with Gasteiger partial charge in [0.15, 0.2) is 0 Å². The minimum Gasteiger partial charge on any atom is -0.383 e. The molecule has 1 aliphatic rings. The summed E-state index contributed by atoms with van der Waals surface area (Å²) in [5.74, 6) is 0.174. The molecule has 0 aliphatic carbocycles. The average molecular weight is 302 g/mol. The van der Waals surface area contributed by atoms with Gasteiger partial charge in [0.2, 0.25) is 5.91 Å². The molecule has 1 aliphatic heterocycles. The van der Waals surface area contributed by atoms with Crippen molar-refractivity contribution in [2.24, 2.45) is 0 Å². The third-order valence-electron chi connectivity index (χ3n) is 4.09. The van der Waals surface area contributed by atoms with Crippen LogP contribution in [0, 0.1) is 6.92 Å². The predicted molar refractivity (Wildman–Crippen MR) is 83.7 cm³/mol. The van der Waals surface area contributed by atoms with Crippen molar-refractivity contribution >= 4 is 11.6 Å². The van der Waals surface area contributed by atoms with Gasteiger partial charge in [-0.15, -0.1) is 0 Å². The van der Waals surface area contributed by atoms with E-state index in [1.807, 2.05) is 17.3 Å². The van der Waals surface area contributed by atoms with Crippen molar-refractivity contribution in [3.63, 3.8) is 0 Å². The van der Waals surface area contributed by atoms with Crippen molar-refractivity contribution < 1.29 is 9.53 Å². The molecule has 0 spiro atoms. The topological polar surface area (TPSA) is 50.1 Å². The molecule has 0 atom stereocenters. The van der Waals surface area contributed by atoms with E-state index in [2.05, 4.69) is 33.3 Å². The zero-order valence-electron chi connectivity index (χ0n) is 13.2. The molecule has 118 valence electrons. The molecule has 0 radical (unpaired) electrons. The van der Waals surface area contributed by atoms with E-state index in [0.29, 0.717) is 19.7 Å². The number of amides is 1. The molecule has 3 rings (SSSR count). The minimum absolute atomic E-state index is 0.174. The number of hydrogen-bond donors (Lipinski definition) is 0. The van der Waals surface area contributed by atoms with Crippen molar-refractivity contribution in [2.45, 2.75) is 13.5 Å². The first kappa shape index (κ1) is 15.0. The Bertz CT molecular complexity index is 667. The summed E-state index contributed by atoms with van der Waals surface area (Å²) in [6.45, 7) is 6.19. The van der Waals surface area contributed by atoms with Gasteiger partial charge in [0.1, 0.15) is 5.65 Å². The Morgan fingerprint density at radius 1 is 1.36 bits per heavy atom. The molecular formula is C16H22N4O2. The molecule has 0 saturated carbocycles. The van der Waals surface area contributed by atoms with E-state index >= 15 is 0 Å². The normalized spacial score (nSPS) is 16.6. The first-order valence-corrected chi connectivity index (χ1v) is 7.59. The van der Waals surface area contributed by atoms with Crippen LogP contribution in [0.25, 0.3) is 5.65 Å². The summed E-state index contributed by atoms with van der Waals surface area (Å²) in [4.78, 5) is 20.6. The lowest BCUT2D eigenvalue weighted by Crippen LogP contribution is -2.50. The number of ether oxygens (including phenoxy) is 1. The fourth-order valence-electron chi connectivity index (χ4n) is 2.81. The highest BCUT2D eigenvalue weighted by Gasteiger charge is 2.24. The SMILES string of the molecule is COCCN1CCN(Cc2cnc3cc(C)ccn23)CC1=O. The molecule has 6 heteroatoms. The van der Waals surface area contributed by atoms with Crippen LogP contribution in [-0.4, -0.2) is 65.0 Å². The summed E-state index contributed by atoms with van der Waals surface area (Å²) < 4.78 is 7.14. The standard InChI is InChI=1S/C16H22N4O2/c1-13-3-4-20-14(10-17-15(20)9-13)11-18-5-6-19(7-8-22-2)16(21)12-18/h3-4,9-10H,5-8,11-12H2,1-2H3. The second-order valence-corrected chi connectivity index (χ2v) is 5.77. The zero-order chi connectivity index (χ0) is 15.5. The Morgan fingerprint density at radius 3 is 3.00 bits per heavy atom. The number of aryl methyl sites for hydroxylation is 1. The maximum atomic E-state index is 12.2. The lowest BCUT2D eigenvalue weighted by molar-refractivity contribution is -0.136. The molecular weight excluding hydrogens is 280 g/mol. The third-order valence-corrected chi connectivity index (χ3v) is 4.09. The summed E-state index contributed by atoms with van der Waals surface area (Å²) in [5, 5.41) is 0. The number of piperazine rings is 1. The maximum absolute atomic E-state index is 12.2. The minimum atomic E-state index is 0.174. The summed E-state index contributed by atoms with van der Waals surface area (Å²) in [7, 11) is 1.66. The van der Waals surface area contributed by atoms with Gasteiger partial charge < -0.3 is 14.0 Å². The largest absolute Gasteiger partial charge is 0.383 e. The lowest BCUT2D eigenvalue weighted by atomic mass is 10.2. The number of aromatic nitrogens is 2. The Hall–Kier alpha value is -1.92. The van der Waals surface area contributed by atoms with Crippen molar-refractivity contribution in [1.29, 1.82) is 0 Å². The van der Waals surface area contributed by atoms with Crippen molar-refractivity contribution in [1.82, 2.24) is 19.2 Å². The van der Waals surface area contributed by atoms with E-state index in [-0.39, 0.29) is 5.91 Å². The number of rotatable bonds is 5. The molecule has 22 heavy (non-hydrogen) atoms. The highest BCUT2D eigenvalue weighted by atomic mass is 16.5. The Labute approximate surface area is 130 Å². The molecule has 6 nitrogen and oxygen atoms in total. The van der Waals surface area contributed by atoms with Gasteiger partial charge in [0.25, 0.3) is 0 Å². The van der Waals surface area contributed by atoms with E-state index in [0.717, 1.165) is 31.0 Å². The number of carbonyl (C=O) groups is 1. The van der Waals surface area contributed by atoms with E-state index in [1.54, 1.807) is 7.11 Å². The van der Waals surface area contributed by atoms with Crippen LogP contribution in [0.5, 0.6) is 0 Å². The smallest absolute Gasteiger partial charge is 0.236 e. The van der Waals surface area contributed by atoms with Crippen LogP contribution in [0.1, 0.15) is 11.3 Å². The lowest BCUT2D eigenvalue weighted by Gasteiger charge is -2.34. The quantitative estimate of drug-likeness (QED) is 0.824. The maximum Gasteiger partial charge on any atom is 0.236 e. The fourth-order valence-corrected chi connectivity index (χ4v) is 2.81. The number of fused-ring (bicyclic) bond motifs is 1. The highest BCUT2D eigenvalue weighted by molar-refractivity contribution is 5.79. The first-order valence-electron chi connectivity index (χ1n) is 7.59. The van der Waals surface area contributed by atoms with Crippen LogP contribution in [0.4, 0.5) is 0 Å². The van der Waals surface area contributed by atoms with E-state index < -0.39 is 0 Å². The molecule has 2 aromatic heterocycles. The fraction of sp³-hybridized carbons (Fsp3) is 0.500. The van der Waals surface area contributed by atoms with Crippen LogP contribution in [0.15, 0.2) is 24.5 Å². The predicted octanol–water partition coefficient (Wildman–Crippen LogP) is 0.933. The van der Waals surface area contributed by atoms with Crippen LogP contribution in [0.3, 0.4) is 0 Å². The average Bonchev–Trinajstić information content (AvgIpc) is 2.88. The second-order valence-electron chi connectivity index (χ2n) is 5.77. The van der Waals surface area contributed by atoms with Gasteiger partial charge in [-0.3, -0.25) is 9.69 Å². The molecule has 2 aromatic rings. The number of hydrogen-bond acceptors (Lipinski definition) is 4. The Balaban J connectivity index is 1.65. The van der Waals surface area contributed by atoms with Crippen LogP contribution in [-0.2, 0) is 16.1 Å². The molecule has 1 fully saturated rings. The molecule has 0 bridgehead atoms. The van der Waals surface area contributed by atoms with Gasteiger partial charge in [-0.2, -0.15) is 0 Å². The van der Waals surface area contributed by atoms with E-state index in [4.69, 9.17) is 4.74 Å². The Morgan fingerprint density at radius 2 is 2.23 bits per heavy atom. The number of carbonyl (C=O) groups excluding carboxylic acids is 1. The summed E-state index contributed by atoms with van der Waals surface area (Å²) in [6.07, 6.45) is 3.94. The van der Waals surface area contributed by atoms with Crippen LogP contribution < -0.4 is 0 Å². The monoisotopic (exact) mass is 302 g/mol. The molecule has 1 amide bonds. The van der Waals surface area contributed by atoms with Crippen molar-refractivity contribution in [3.8, 4) is 0 Å². The number of imidazole rings is 1. The molecule has 0 unspecified atom stereocenters. The van der Waals surface area contributed by atoms with Gasteiger partial charge in [0.05, 0.1) is 25.0 Å². The van der Waals surface area contributed by atoms with Gasteiger partial charge in [-0.1, -0.05) is 0 Å². The molecule has 0 N–H and O–H groups in total. The van der Waals surface area contributed by atoms with Crippen molar-refractivity contribution in [3.05, 3.63) is 35.8 Å². The van der Waals surface area contributed by atoms with Gasteiger partial charge in [-0.25, -0.2) is 4.98 Å². The summed E-state index contributed by atoms with van der Waals surface area (Å²) in [5.41, 5.74) is 3.28. The molecule has 1 saturated heterocycles. The summed E-state index contributed by atoms with van der Waals surface area (Å²) >= 11 is 0. The summed E-state index contributed by atoms with van der Waals surface area (Å²) in [6, 6.07) is 4.14. The zero-order valence-corrected chi connectivity index (χ0v) is 13.2. The van der Waals surface area contributed by atoms with Gasteiger partial charge in [-0.05, 0) is 24.6 Å². The van der Waals surface area contributed by atoms with E-state index in [1.165, 1.54) is 5.56 Å². The van der Waals surface area contributed by atoms with Crippen molar-refractivity contribution in [2.75, 3.05) is 39.9 Å². The molecule has 3 heterocycles. The van der Waals surface area contributed by atoms with Crippen LogP contribution in [0.2, 0.25) is 0 Å². The second kappa shape index (κ2) is 6.46. The highest BCUT2D eigenvalue weighted by Crippen LogP contribution is 2.13. The first-order chi connectivity index (χ1) is 10.7. The third kappa shape index (κ3) is 3.13. The Kier molecular flexibility index (Phi) is 4.40. The van der Waals surface area contributed by atoms with Crippen LogP contribution >= 0.6 is 0 Å². The number of methoxy groups -OCH3 is 1.